The van der Waals surface area contributed by atoms with Gasteiger partial charge in [0.25, 0.3) is 5.91 Å². The molecule has 0 spiro atoms. The zero-order valence-corrected chi connectivity index (χ0v) is 17.9. The van der Waals surface area contributed by atoms with Crippen molar-refractivity contribution in [2.75, 3.05) is 13.7 Å². The Labute approximate surface area is 175 Å². The van der Waals surface area contributed by atoms with Crippen molar-refractivity contribution in [3.63, 3.8) is 0 Å². The van der Waals surface area contributed by atoms with E-state index in [0.717, 1.165) is 27.6 Å². The quantitative estimate of drug-likeness (QED) is 0.521. The van der Waals surface area contributed by atoms with Crippen LogP contribution in [0.3, 0.4) is 0 Å². The first kappa shape index (κ1) is 21.0. The lowest BCUT2D eigenvalue weighted by Gasteiger charge is -2.28. The Morgan fingerprint density at radius 3 is 2.62 bits per heavy atom. The number of carbonyl (C=O) groups excluding carboxylic acids is 1. The first-order chi connectivity index (χ1) is 13.9. The van der Waals surface area contributed by atoms with Crippen molar-refractivity contribution in [3.05, 3.63) is 81.1 Å². The molecule has 0 fully saturated rings. The summed E-state index contributed by atoms with van der Waals surface area (Å²) in [5.41, 5.74) is 2.72. The molecular weight excluding hydrogens is 387 g/mol. The van der Waals surface area contributed by atoms with Crippen LogP contribution >= 0.6 is 11.3 Å². The minimum absolute atomic E-state index is 0.0248. The topological polar surface area (TPSA) is 42.4 Å². The van der Waals surface area contributed by atoms with Gasteiger partial charge in [-0.2, -0.15) is 0 Å². The van der Waals surface area contributed by atoms with Gasteiger partial charge in [0.05, 0.1) is 23.9 Å². The van der Waals surface area contributed by atoms with Gasteiger partial charge in [0.15, 0.2) is 0 Å². The smallest absolute Gasteiger partial charge is 0.266 e. The minimum atomic E-state index is -0.259. The summed E-state index contributed by atoms with van der Waals surface area (Å²) in [4.78, 5) is 20.4. The van der Waals surface area contributed by atoms with Crippen LogP contribution in [0.15, 0.2) is 48.5 Å². The second-order valence-electron chi connectivity index (χ2n) is 6.87. The van der Waals surface area contributed by atoms with E-state index >= 15 is 0 Å². The van der Waals surface area contributed by atoms with Gasteiger partial charge in [-0.15, -0.1) is 11.3 Å². The highest BCUT2D eigenvalue weighted by molar-refractivity contribution is 7.13. The fraction of sp³-hybridized carbons (Fsp3) is 0.304. The normalized spacial score (nSPS) is 11.9. The predicted molar refractivity (Wildman–Crippen MR) is 114 cm³/mol. The number of halogens is 1. The second-order valence-corrected chi connectivity index (χ2v) is 7.95. The molecule has 0 aliphatic heterocycles. The standard InChI is InChI=1S/C23H25FN2O2S/c1-5-26(16(3)18-7-6-8-20(14-18)28-4)23(27)22-15(2)25-21(29-22)13-17-9-11-19(24)12-10-17/h6-12,14,16H,5,13H2,1-4H3. The first-order valence-corrected chi connectivity index (χ1v) is 10.4. The number of methoxy groups -OCH3 is 1. The van der Waals surface area contributed by atoms with Crippen molar-refractivity contribution in [2.45, 2.75) is 33.2 Å². The van der Waals surface area contributed by atoms with Crippen molar-refractivity contribution < 1.29 is 13.9 Å². The van der Waals surface area contributed by atoms with Crippen molar-refractivity contribution >= 4 is 17.2 Å². The first-order valence-electron chi connectivity index (χ1n) is 9.58. The van der Waals surface area contributed by atoms with E-state index < -0.39 is 0 Å². The lowest BCUT2D eigenvalue weighted by molar-refractivity contribution is 0.0706. The Morgan fingerprint density at radius 2 is 1.97 bits per heavy atom. The Morgan fingerprint density at radius 1 is 1.24 bits per heavy atom. The molecule has 1 amide bonds. The number of amides is 1. The molecule has 2 aromatic carbocycles. The Balaban J connectivity index is 1.81. The molecule has 0 bridgehead atoms. The summed E-state index contributed by atoms with van der Waals surface area (Å²) in [5.74, 6) is 0.488. The van der Waals surface area contributed by atoms with E-state index in [1.54, 1.807) is 19.2 Å². The van der Waals surface area contributed by atoms with E-state index in [1.807, 2.05) is 49.9 Å². The molecule has 6 heteroatoms. The molecule has 152 valence electrons. The molecule has 3 rings (SSSR count). The summed E-state index contributed by atoms with van der Waals surface area (Å²) in [6.45, 7) is 6.44. The highest BCUT2D eigenvalue weighted by atomic mass is 32.1. The van der Waals surface area contributed by atoms with Crippen LogP contribution in [0.1, 0.15) is 51.4 Å². The van der Waals surface area contributed by atoms with Crippen LogP contribution in [0, 0.1) is 12.7 Å². The van der Waals surface area contributed by atoms with Gasteiger partial charge >= 0.3 is 0 Å². The molecule has 1 aromatic heterocycles. The number of aromatic nitrogens is 1. The van der Waals surface area contributed by atoms with Crippen LogP contribution in [0.25, 0.3) is 0 Å². The highest BCUT2D eigenvalue weighted by Gasteiger charge is 2.25. The van der Waals surface area contributed by atoms with E-state index in [2.05, 4.69) is 4.98 Å². The third-order valence-electron chi connectivity index (χ3n) is 4.95. The highest BCUT2D eigenvalue weighted by Crippen LogP contribution is 2.28. The number of hydrogen-bond acceptors (Lipinski definition) is 4. The number of hydrogen-bond donors (Lipinski definition) is 0. The molecule has 0 aliphatic carbocycles. The zero-order chi connectivity index (χ0) is 21.0. The fourth-order valence-corrected chi connectivity index (χ4v) is 4.36. The molecule has 0 saturated carbocycles. The van der Waals surface area contributed by atoms with Gasteiger partial charge in [-0.05, 0) is 56.2 Å². The summed E-state index contributed by atoms with van der Waals surface area (Å²) in [6.07, 6.45) is 0.580. The lowest BCUT2D eigenvalue weighted by atomic mass is 10.1. The fourth-order valence-electron chi connectivity index (χ4n) is 3.31. The van der Waals surface area contributed by atoms with E-state index in [0.29, 0.717) is 17.8 Å². The third kappa shape index (κ3) is 4.82. The van der Waals surface area contributed by atoms with E-state index in [-0.39, 0.29) is 17.8 Å². The summed E-state index contributed by atoms with van der Waals surface area (Å²) < 4.78 is 18.4. The van der Waals surface area contributed by atoms with Crippen LogP contribution < -0.4 is 4.74 Å². The molecule has 1 atom stereocenters. The Hall–Kier alpha value is -2.73. The van der Waals surface area contributed by atoms with Gasteiger partial charge in [0.2, 0.25) is 0 Å². The maximum Gasteiger partial charge on any atom is 0.266 e. The Kier molecular flexibility index (Phi) is 6.64. The minimum Gasteiger partial charge on any atom is -0.497 e. The van der Waals surface area contributed by atoms with Crippen LogP contribution in [0.2, 0.25) is 0 Å². The van der Waals surface area contributed by atoms with Gasteiger partial charge < -0.3 is 9.64 Å². The molecule has 0 saturated heterocycles. The number of benzene rings is 2. The largest absolute Gasteiger partial charge is 0.497 e. The molecule has 0 radical (unpaired) electrons. The van der Waals surface area contributed by atoms with Crippen molar-refractivity contribution in [1.82, 2.24) is 9.88 Å². The van der Waals surface area contributed by atoms with Gasteiger partial charge in [-0.3, -0.25) is 4.79 Å². The molecule has 0 aliphatic rings. The van der Waals surface area contributed by atoms with E-state index in [1.165, 1.54) is 23.5 Å². The molecule has 3 aromatic rings. The van der Waals surface area contributed by atoms with Gasteiger partial charge in [-0.25, -0.2) is 9.37 Å². The average Bonchev–Trinajstić information content (AvgIpc) is 3.10. The van der Waals surface area contributed by atoms with Crippen LogP contribution in [0.5, 0.6) is 5.75 Å². The maximum atomic E-state index is 13.3. The summed E-state index contributed by atoms with van der Waals surface area (Å²) in [6, 6.07) is 14.1. The summed E-state index contributed by atoms with van der Waals surface area (Å²) in [5, 5.41) is 0.850. The van der Waals surface area contributed by atoms with Crippen LogP contribution in [0.4, 0.5) is 4.39 Å². The monoisotopic (exact) mass is 412 g/mol. The number of nitrogens with zero attached hydrogens (tertiary/aromatic N) is 2. The summed E-state index contributed by atoms with van der Waals surface area (Å²) in [7, 11) is 1.63. The third-order valence-corrected chi connectivity index (χ3v) is 6.09. The van der Waals surface area contributed by atoms with Crippen LogP contribution in [-0.4, -0.2) is 29.4 Å². The molecular formula is C23H25FN2O2S. The Bertz CT molecular complexity index is 985. The molecule has 4 nitrogen and oxygen atoms in total. The SMILES string of the molecule is CCN(C(=O)c1sc(Cc2ccc(F)cc2)nc1C)C(C)c1cccc(OC)c1. The van der Waals surface area contributed by atoms with Gasteiger partial charge in [0.1, 0.15) is 16.4 Å². The van der Waals surface area contributed by atoms with Crippen molar-refractivity contribution in [2.24, 2.45) is 0 Å². The van der Waals surface area contributed by atoms with Gasteiger partial charge in [-0.1, -0.05) is 24.3 Å². The number of thiazole rings is 1. The number of aryl methyl sites for hydroxylation is 1. The van der Waals surface area contributed by atoms with Gasteiger partial charge in [0, 0.05) is 13.0 Å². The number of rotatable bonds is 7. The number of carbonyl (C=O) groups is 1. The van der Waals surface area contributed by atoms with E-state index in [9.17, 15) is 9.18 Å². The second kappa shape index (κ2) is 9.18. The lowest BCUT2D eigenvalue weighted by Crippen LogP contribution is -2.33. The predicted octanol–water partition coefficient (Wildman–Crippen LogP) is 5.41. The van der Waals surface area contributed by atoms with E-state index in [4.69, 9.17) is 4.74 Å². The molecule has 1 heterocycles. The average molecular weight is 413 g/mol. The zero-order valence-electron chi connectivity index (χ0n) is 17.1. The maximum absolute atomic E-state index is 13.3. The van der Waals surface area contributed by atoms with Crippen molar-refractivity contribution in [1.29, 1.82) is 0 Å². The number of ether oxygens (including phenoxy) is 1. The molecule has 29 heavy (non-hydrogen) atoms. The molecule has 1 unspecified atom stereocenters. The molecule has 0 N–H and O–H groups in total. The summed E-state index contributed by atoms with van der Waals surface area (Å²) >= 11 is 1.41. The van der Waals surface area contributed by atoms with Crippen molar-refractivity contribution in [3.8, 4) is 5.75 Å². The van der Waals surface area contributed by atoms with Crippen LogP contribution in [-0.2, 0) is 6.42 Å².